The average Bonchev–Trinajstić information content (AvgIpc) is 2.42. The Labute approximate surface area is 123 Å². The van der Waals surface area contributed by atoms with E-state index in [-0.39, 0.29) is 11.8 Å². The summed E-state index contributed by atoms with van der Waals surface area (Å²) >= 11 is 0. The van der Waals surface area contributed by atoms with Crippen molar-refractivity contribution in [3.63, 3.8) is 0 Å². The number of piperidine rings is 1. The SMILES string of the molecule is CC1CC(C)C(C)N(S(=O)(=O)CCN2CCNCC2)C1. The molecule has 2 aliphatic heterocycles. The topological polar surface area (TPSA) is 52.7 Å². The Kier molecular flexibility index (Phi) is 5.45. The van der Waals surface area contributed by atoms with Crippen LogP contribution in [0.25, 0.3) is 0 Å². The van der Waals surface area contributed by atoms with Gasteiger partial charge in [-0.15, -0.1) is 0 Å². The first-order chi connectivity index (χ1) is 9.40. The van der Waals surface area contributed by atoms with Crippen LogP contribution in [0, 0.1) is 11.8 Å². The Hall–Kier alpha value is -0.170. The monoisotopic (exact) mass is 303 g/mol. The lowest BCUT2D eigenvalue weighted by Gasteiger charge is -2.40. The zero-order valence-electron chi connectivity index (χ0n) is 13.0. The molecule has 0 bridgehead atoms. The summed E-state index contributed by atoms with van der Waals surface area (Å²) in [4.78, 5) is 2.25. The van der Waals surface area contributed by atoms with Gasteiger partial charge in [0.25, 0.3) is 0 Å². The molecule has 2 fully saturated rings. The molecule has 0 aromatic rings. The van der Waals surface area contributed by atoms with Gasteiger partial charge in [0.05, 0.1) is 5.75 Å². The van der Waals surface area contributed by atoms with Crippen LogP contribution in [0.2, 0.25) is 0 Å². The molecule has 3 unspecified atom stereocenters. The summed E-state index contributed by atoms with van der Waals surface area (Å²) in [5, 5.41) is 3.29. The Morgan fingerprint density at radius 2 is 1.80 bits per heavy atom. The number of piperazine rings is 1. The van der Waals surface area contributed by atoms with Crippen molar-refractivity contribution in [2.45, 2.75) is 33.2 Å². The largest absolute Gasteiger partial charge is 0.314 e. The van der Waals surface area contributed by atoms with Crippen LogP contribution in [-0.4, -0.2) is 68.7 Å². The van der Waals surface area contributed by atoms with E-state index in [2.05, 4.69) is 31.0 Å². The number of rotatable bonds is 4. The van der Waals surface area contributed by atoms with Crippen LogP contribution < -0.4 is 5.32 Å². The molecule has 0 spiro atoms. The van der Waals surface area contributed by atoms with Gasteiger partial charge in [0, 0.05) is 45.3 Å². The maximum Gasteiger partial charge on any atom is 0.215 e. The van der Waals surface area contributed by atoms with Gasteiger partial charge in [0.15, 0.2) is 0 Å². The van der Waals surface area contributed by atoms with Crippen molar-refractivity contribution >= 4 is 10.0 Å². The zero-order valence-corrected chi connectivity index (χ0v) is 13.8. The molecule has 2 rings (SSSR count). The maximum atomic E-state index is 12.6. The van der Waals surface area contributed by atoms with Gasteiger partial charge in [-0.25, -0.2) is 8.42 Å². The lowest BCUT2D eigenvalue weighted by molar-refractivity contribution is 0.156. The Morgan fingerprint density at radius 3 is 2.45 bits per heavy atom. The summed E-state index contributed by atoms with van der Waals surface area (Å²) in [6.45, 7) is 11.6. The van der Waals surface area contributed by atoms with Crippen LogP contribution in [0.5, 0.6) is 0 Å². The molecular weight excluding hydrogens is 274 g/mol. The molecule has 118 valence electrons. The van der Waals surface area contributed by atoms with Crippen LogP contribution >= 0.6 is 0 Å². The predicted molar refractivity (Wildman–Crippen MR) is 82.2 cm³/mol. The van der Waals surface area contributed by atoms with E-state index >= 15 is 0 Å². The highest BCUT2D eigenvalue weighted by Gasteiger charge is 2.36. The third-order valence-corrected chi connectivity index (χ3v) is 6.67. The van der Waals surface area contributed by atoms with Crippen LogP contribution in [-0.2, 0) is 10.0 Å². The maximum absolute atomic E-state index is 12.6. The summed E-state index contributed by atoms with van der Waals surface area (Å²) in [6.07, 6.45) is 1.13. The summed E-state index contributed by atoms with van der Waals surface area (Å²) in [5.74, 6) is 1.18. The minimum atomic E-state index is -3.13. The fourth-order valence-corrected chi connectivity index (χ4v) is 5.25. The van der Waals surface area contributed by atoms with E-state index in [1.807, 2.05) is 0 Å². The number of nitrogens with one attached hydrogen (secondary N) is 1. The van der Waals surface area contributed by atoms with Crippen LogP contribution in [0.1, 0.15) is 27.2 Å². The van der Waals surface area contributed by atoms with Gasteiger partial charge in [-0.2, -0.15) is 4.31 Å². The molecule has 6 heteroatoms. The van der Waals surface area contributed by atoms with Crippen molar-refractivity contribution in [2.24, 2.45) is 11.8 Å². The molecule has 5 nitrogen and oxygen atoms in total. The third kappa shape index (κ3) is 3.93. The molecule has 0 radical (unpaired) electrons. The zero-order chi connectivity index (χ0) is 14.8. The van der Waals surface area contributed by atoms with Crippen molar-refractivity contribution in [2.75, 3.05) is 45.0 Å². The summed E-state index contributed by atoms with van der Waals surface area (Å²) in [7, 11) is -3.13. The smallest absolute Gasteiger partial charge is 0.215 e. The second-order valence-electron chi connectivity index (χ2n) is 6.54. The fourth-order valence-electron chi connectivity index (χ4n) is 3.33. The van der Waals surface area contributed by atoms with E-state index < -0.39 is 10.0 Å². The second-order valence-corrected chi connectivity index (χ2v) is 8.58. The van der Waals surface area contributed by atoms with Crippen molar-refractivity contribution < 1.29 is 8.42 Å². The van der Waals surface area contributed by atoms with Crippen LogP contribution in [0.3, 0.4) is 0 Å². The molecule has 2 heterocycles. The first kappa shape index (κ1) is 16.2. The molecule has 0 aromatic heterocycles. The molecule has 0 aliphatic carbocycles. The van der Waals surface area contributed by atoms with Gasteiger partial charge in [0.2, 0.25) is 10.0 Å². The lowest BCUT2D eigenvalue weighted by atomic mass is 9.88. The van der Waals surface area contributed by atoms with E-state index in [0.29, 0.717) is 24.9 Å². The highest BCUT2D eigenvalue weighted by atomic mass is 32.2. The molecule has 2 saturated heterocycles. The molecular formula is C14H29N3O2S. The van der Waals surface area contributed by atoms with E-state index in [9.17, 15) is 8.42 Å². The van der Waals surface area contributed by atoms with E-state index in [1.54, 1.807) is 4.31 Å². The molecule has 0 amide bonds. The number of sulfonamides is 1. The first-order valence-corrected chi connectivity index (χ1v) is 9.43. The number of nitrogens with zero attached hydrogens (tertiary/aromatic N) is 2. The minimum absolute atomic E-state index is 0.138. The highest BCUT2D eigenvalue weighted by Crippen LogP contribution is 2.29. The normalized spacial score (nSPS) is 34.2. The molecule has 2 aliphatic rings. The minimum Gasteiger partial charge on any atom is -0.314 e. The van der Waals surface area contributed by atoms with Gasteiger partial charge in [-0.3, -0.25) is 4.90 Å². The average molecular weight is 303 g/mol. The van der Waals surface area contributed by atoms with Gasteiger partial charge >= 0.3 is 0 Å². The molecule has 0 saturated carbocycles. The number of hydrogen-bond donors (Lipinski definition) is 1. The van der Waals surface area contributed by atoms with Crippen molar-refractivity contribution in [1.29, 1.82) is 0 Å². The van der Waals surface area contributed by atoms with Gasteiger partial charge in [0.1, 0.15) is 0 Å². The third-order valence-electron chi connectivity index (χ3n) is 4.78. The first-order valence-electron chi connectivity index (χ1n) is 7.82. The second kappa shape index (κ2) is 6.73. The Bertz CT molecular complexity index is 407. The lowest BCUT2D eigenvalue weighted by Crippen LogP contribution is -2.51. The molecule has 3 atom stereocenters. The van der Waals surface area contributed by atoms with E-state index in [1.165, 1.54) is 0 Å². The van der Waals surface area contributed by atoms with Crippen LogP contribution in [0.4, 0.5) is 0 Å². The van der Waals surface area contributed by atoms with Gasteiger partial charge in [-0.1, -0.05) is 13.8 Å². The standard InChI is InChI=1S/C14H29N3O2S/c1-12-10-13(2)14(3)17(11-12)20(18,19)9-8-16-6-4-15-5-7-16/h12-15H,4-11H2,1-3H3. The van der Waals surface area contributed by atoms with Crippen molar-refractivity contribution in [1.82, 2.24) is 14.5 Å². The molecule has 20 heavy (non-hydrogen) atoms. The van der Waals surface area contributed by atoms with Gasteiger partial charge < -0.3 is 5.32 Å². The van der Waals surface area contributed by atoms with Crippen molar-refractivity contribution in [3.05, 3.63) is 0 Å². The van der Waals surface area contributed by atoms with Crippen LogP contribution in [0.15, 0.2) is 0 Å². The molecule has 1 N–H and O–H groups in total. The predicted octanol–water partition coefficient (Wildman–Crippen LogP) is 0.588. The highest BCUT2D eigenvalue weighted by molar-refractivity contribution is 7.89. The van der Waals surface area contributed by atoms with Crippen molar-refractivity contribution in [3.8, 4) is 0 Å². The van der Waals surface area contributed by atoms with Gasteiger partial charge in [-0.05, 0) is 25.2 Å². The van der Waals surface area contributed by atoms with E-state index in [0.717, 1.165) is 32.6 Å². The summed E-state index contributed by atoms with van der Waals surface area (Å²) in [6, 6.07) is 0.138. The summed E-state index contributed by atoms with van der Waals surface area (Å²) < 4.78 is 27.0. The molecule has 0 aromatic carbocycles. The Morgan fingerprint density at radius 1 is 1.15 bits per heavy atom. The van der Waals surface area contributed by atoms with E-state index in [4.69, 9.17) is 0 Å². The fraction of sp³-hybridized carbons (Fsp3) is 1.00. The number of hydrogen-bond acceptors (Lipinski definition) is 4. The quantitative estimate of drug-likeness (QED) is 0.826. The summed E-state index contributed by atoms with van der Waals surface area (Å²) in [5.41, 5.74) is 0. The Balaban J connectivity index is 1.94.